The van der Waals surface area contributed by atoms with Crippen molar-refractivity contribution < 1.29 is 18.7 Å². The summed E-state index contributed by atoms with van der Waals surface area (Å²) < 4.78 is 16.3. The van der Waals surface area contributed by atoms with Gasteiger partial charge in [-0.25, -0.2) is 0 Å². The van der Waals surface area contributed by atoms with Crippen LogP contribution in [0.2, 0.25) is 0 Å². The zero-order chi connectivity index (χ0) is 25.9. The van der Waals surface area contributed by atoms with Crippen LogP contribution in [0.1, 0.15) is 49.6 Å². The molecule has 190 valence electrons. The molecule has 0 spiro atoms. The van der Waals surface area contributed by atoms with Gasteiger partial charge in [0, 0.05) is 16.5 Å². The number of thioether (sulfide) groups is 1. The predicted molar refractivity (Wildman–Crippen MR) is 141 cm³/mol. The number of hydrogen-bond acceptors (Lipinski definition) is 9. The number of aromatic nitrogens is 2. The van der Waals surface area contributed by atoms with Crippen molar-refractivity contribution in [3.63, 3.8) is 0 Å². The molecule has 1 amide bonds. The first-order chi connectivity index (χ1) is 17.3. The molecule has 0 saturated heterocycles. The van der Waals surface area contributed by atoms with Gasteiger partial charge in [-0.3, -0.25) is 4.79 Å². The van der Waals surface area contributed by atoms with E-state index < -0.39 is 0 Å². The Bertz CT molecular complexity index is 1270. The third-order valence-corrected chi connectivity index (χ3v) is 8.97. The number of ether oxygens (including phenoxy) is 2. The van der Waals surface area contributed by atoms with Crippen LogP contribution in [0.3, 0.4) is 0 Å². The average molecular weight is 527 g/mol. The molecule has 1 atom stereocenters. The lowest BCUT2D eigenvalue weighted by Gasteiger charge is -2.36. The van der Waals surface area contributed by atoms with Gasteiger partial charge in [0.2, 0.25) is 11.8 Å². The second-order valence-electron chi connectivity index (χ2n) is 9.41. The van der Waals surface area contributed by atoms with Gasteiger partial charge < -0.3 is 19.2 Å². The standard InChI is InChI=1S/C26H30N4O4S2/c1-6-26(2,3)16-7-8-19-20(13-27)24(36-21(19)11-16)28-22(31)14-35-25-30-29-23(34-25)15-9-17(32-4)12-18(10-15)33-5/h9-10,12,16H,6-8,11,14H2,1-5H3,(H,28,31)/t16-/m1/s1. The number of amides is 1. The van der Waals surface area contributed by atoms with E-state index in [0.717, 1.165) is 43.0 Å². The van der Waals surface area contributed by atoms with Crippen molar-refractivity contribution in [2.24, 2.45) is 11.3 Å². The topological polar surface area (TPSA) is 110 Å². The lowest BCUT2D eigenvalue weighted by molar-refractivity contribution is -0.113. The van der Waals surface area contributed by atoms with Crippen LogP contribution in [-0.2, 0) is 17.6 Å². The summed E-state index contributed by atoms with van der Waals surface area (Å²) in [4.78, 5) is 13.9. The van der Waals surface area contributed by atoms with E-state index in [4.69, 9.17) is 13.9 Å². The normalized spacial score (nSPS) is 15.2. The molecule has 1 aromatic carbocycles. The fourth-order valence-electron chi connectivity index (χ4n) is 4.35. The Morgan fingerprint density at radius 1 is 1.28 bits per heavy atom. The maximum atomic E-state index is 12.7. The van der Waals surface area contributed by atoms with Gasteiger partial charge in [0.1, 0.15) is 22.6 Å². The van der Waals surface area contributed by atoms with Gasteiger partial charge >= 0.3 is 0 Å². The molecule has 0 saturated carbocycles. The van der Waals surface area contributed by atoms with Crippen LogP contribution < -0.4 is 14.8 Å². The molecule has 1 aliphatic carbocycles. The molecule has 0 fully saturated rings. The fourth-order valence-corrected chi connectivity index (χ4v) is 6.21. The van der Waals surface area contributed by atoms with Crippen molar-refractivity contribution in [2.45, 2.75) is 51.7 Å². The Kier molecular flexibility index (Phi) is 7.91. The highest BCUT2D eigenvalue weighted by molar-refractivity contribution is 7.99. The second kappa shape index (κ2) is 10.9. The quantitative estimate of drug-likeness (QED) is 0.340. The fraction of sp³-hybridized carbons (Fsp3) is 0.462. The highest BCUT2D eigenvalue weighted by Crippen LogP contribution is 2.45. The Balaban J connectivity index is 1.41. The van der Waals surface area contributed by atoms with E-state index in [9.17, 15) is 10.1 Å². The molecule has 0 bridgehead atoms. The van der Waals surface area contributed by atoms with E-state index in [-0.39, 0.29) is 22.3 Å². The molecule has 3 aromatic rings. The summed E-state index contributed by atoms with van der Waals surface area (Å²) in [6.45, 7) is 6.86. The van der Waals surface area contributed by atoms with E-state index in [0.29, 0.717) is 39.4 Å². The first-order valence-electron chi connectivity index (χ1n) is 11.8. The lowest BCUT2D eigenvalue weighted by Crippen LogP contribution is -2.28. The number of carbonyl (C=O) groups is 1. The summed E-state index contributed by atoms with van der Waals surface area (Å²) in [5.41, 5.74) is 2.62. The van der Waals surface area contributed by atoms with E-state index in [1.165, 1.54) is 16.2 Å². The number of hydrogen-bond donors (Lipinski definition) is 1. The van der Waals surface area contributed by atoms with Crippen LogP contribution in [0.5, 0.6) is 11.5 Å². The SMILES string of the molecule is CCC(C)(C)[C@@H]1CCc2c(sc(NC(=O)CSc3nnc(-c4cc(OC)cc(OC)c4)o3)c2C#N)C1. The van der Waals surface area contributed by atoms with Crippen LogP contribution in [0.25, 0.3) is 11.5 Å². The number of rotatable bonds is 9. The number of benzene rings is 1. The third-order valence-electron chi connectivity index (χ3n) is 6.98. The summed E-state index contributed by atoms with van der Waals surface area (Å²) in [6.07, 6.45) is 4.03. The number of methoxy groups -OCH3 is 2. The highest BCUT2D eigenvalue weighted by Gasteiger charge is 2.34. The number of thiophene rings is 1. The minimum absolute atomic E-state index is 0.0853. The first kappa shape index (κ1) is 26.0. The number of nitrogens with one attached hydrogen (secondary N) is 1. The molecule has 2 aromatic heterocycles. The maximum Gasteiger partial charge on any atom is 0.277 e. The number of nitrogens with zero attached hydrogens (tertiary/aromatic N) is 3. The molecule has 8 nitrogen and oxygen atoms in total. The number of anilines is 1. The van der Waals surface area contributed by atoms with Crippen molar-refractivity contribution >= 4 is 34.0 Å². The van der Waals surface area contributed by atoms with Crippen LogP contribution >= 0.6 is 23.1 Å². The Labute approximate surface area is 219 Å². The van der Waals surface area contributed by atoms with Crippen LogP contribution in [0.15, 0.2) is 27.8 Å². The molecule has 10 heteroatoms. The predicted octanol–water partition coefficient (Wildman–Crippen LogP) is 5.96. The summed E-state index contributed by atoms with van der Waals surface area (Å²) in [5.74, 6) is 1.96. The van der Waals surface area contributed by atoms with E-state index >= 15 is 0 Å². The van der Waals surface area contributed by atoms with Crippen molar-refractivity contribution in [3.8, 4) is 29.0 Å². The van der Waals surface area contributed by atoms with Gasteiger partial charge in [0.25, 0.3) is 5.22 Å². The summed E-state index contributed by atoms with van der Waals surface area (Å²) in [6, 6.07) is 7.61. The third kappa shape index (κ3) is 5.52. The minimum atomic E-state index is -0.219. The van der Waals surface area contributed by atoms with Crippen molar-refractivity contribution in [1.29, 1.82) is 5.26 Å². The molecule has 36 heavy (non-hydrogen) atoms. The lowest BCUT2D eigenvalue weighted by atomic mass is 9.69. The van der Waals surface area contributed by atoms with Crippen LogP contribution in [-0.4, -0.2) is 36.1 Å². The molecular formula is C26H30N4O4S2. The molecule has 0 unspecified atom stereocenters. The average Bonchev–Trinajstić information content (AvgIpc) is 3.50. The van der Waals surface area contributed by atoms with Crippen molar-refractivity contribution in [2.75, 3.05) is 25.3 Å². The Morgan fingerprint density at radius 3 is 2.64 bits per heavy atom. The van der Waals surface area contributed by atoms with E-state index in [2.05, 4.69) is 42.4 Å². The second-order valence-corrected chi connectivity index (χ2v) is 11.4. The van der Waals surface area contributed by atoms with E-state index in [1.54, 1.807) is 32.4 Å². The number of fused-ring (bicyclic) bond motifs is 1. The summed E-state index contributed by atoms with van der Waals surface area (Å²) in [7, 11) is 3.14. The molecule has 1 aliphatic rings. The van der Waals surface area contributed by atoms with E-state index in [1.807, 2.05) is 0 Å². The van der Waals surface area contributed by atoms with Gasteiger partial charge in [-0.2, -0.15) is 5.26 Å². The molecule has 4 rings (SSSR count). The van der Waals surface area contributed by atoms with Crippen LogP contribution in [0.4, 0.5) is 5.00 Å². The first-order valence-corrected chi connectivity index (χ1v) is 13.6. The zero-order valence-electron chi connectivity index (χ0n) is 21.1. The minimum Gasteiger partial charge on any atom is -0.497 e. The highest BCUT2D eigenvalue weighted by atomic mass is 32.2. The molecule has 0 radical (unpaired) electrons. The Morgan fingerprint density at radius 2 is 2.00 bits per heavy atom. The monoisotopic (exact) mass is 526 g/mol. The number of nitriles is 1. The van der Waals surface area contributed by atoms with Gasteiger partial charge in [-0.15, -0.1) is 21.5 Å². The van der Waals surface area contributed by atoms with Gasteiger partial charge in [-0.05, 0) is 48.3 Å². The van der Waals surface area contributed by atoms with Gasteiger partial charge in [0.05, 0.1) is 25.5 Å². The summed E-state index contributed by atoms with van der Waals surface area (Å²) >= 11 is 2.68. The van der Waals surface area contributed by atoms with Gasteiger partial charge in [0.15, 0.2) is 0 Å². The van der Waals surface area contributed by atoms with Gasteiger partial charge in [-0.1, -0.05) is 39.0 Å². The number of carbonyl (C=O) groups excluding carboxylic acids is 1. The molecule has 0 aliphatic heterocycles. The zero-order valence-corrected chi connectivity index (χ0v) is 22.8. The molecule has 2 heterocycles. The molecule has 1 N–H and O–H groups in total. The maximum absolute atomic E-state index is 12.7. The van der Waals surface area contributed by atoms with Crippen LogP contribution in [0, 0.1) is 22.7 Å². The smallest absolute Gasteiger partial charge is 0.277 e. The van der Waals surface area contributed by atoms with Crippen molar-refractivity contribution in [3.05, 3.63) is 34.2 Å². The molecular weight excluding hydrogens is 496 g/mol. The van der Waals surface area contributed by atoms with Crippen molar-refractivity contribution in [1.82, 2.24) is 10.2 Å². The Hall–Kier alpha value is -3.03. The summed E-state index contributed by atoms with van der Waals surface area (Å²) in [5, 5.41) is 21.8. The largest absolute Gasteiger partial charge is 0.497 e.